The summed E-state index contributed by atoms with van der Waals surface area (Å²) in [6.45, 7) is -0.750. The molecular formula is C6H14NaO8P. The summed E-state index contributed by atoms with van der Waals surface area (Å²) >= 11 is 0. The monoisotopic (exact) mass is 268 g/mol. The SMILES string of the molecule is COC(=O)CCC(=O)P(=O)(O)O.OCO.[NaH]. The van der Waals surface area contributed by atoms with Crippen LogP contribution in [-0.4, -0.2) is 75.0 Å². The number of aliphatic hydroxyl groups excluding tert-OH is 1. The van der Waals surface area contributed by atoms with Crippen molar-refractivity contribution < 1.29 is 38.9 Å². The number of esters is 1. The van der Waals surface area contributed by atoms with Crippen LogP contribution in [0.5, 0.6) is 0 Å². The first-order valence-electron chi connectivity index (χ1n) is 3.67. The number of methoxy groups -OCH3 is 1. The van der Waals surface area contributed by atoms with E-state index in [1.54, 1.807) is 0 Å². The van der Waals surface area contributed by atoms with Crippen LogP contribution in [0.25, 0.3) is 0 Å². The molecule has 0 spiro atoms. The van der Waals surface area contributed by atoms with E-state index in [-0.39, 0.29) is 36.0 Å². The summed E-state index contributed by atoms with van der Waals surface area (Å²) in [4.78, 5) is 37.5. The normalized spacial score (nSPS) is 9.31. The fraction of sp³-hybridized carbons (Fsp3) is 0.667. The van der Waals surface area contributed by atoms with E-state index in [4.69, 9.17) is 20.0 Å². The molecule has 0 aliphatic heterocycles. The molecule has 0 bridgehead atoms. The van der Waals surface area contributed by atoms with Crippen molar-refractivity contribution in [2.75, 3.05) is 13.9 Å². The molecule has 0 saturated carbocycles. The molecule has 0 aromatic carbocycles. The molecule has 0 rings (SSSR count). The summed E-state index contributed by atoms with van der Waals surface area (Å²) in [5, 5.41) is 14.2. The zero-order valence-corrected chi connectivity index (χ0v) is 8.88. The zero-order chi connectivity index (χ0) is 12.5. The second-order valence-corrected chi connectivity index (χ2v) is 3.74. The van der Waals surface area contributed by atoms with Crippen molar-refractivity contribution in [1.82, 2.24) is 0 Å². The van der Waals surface area contributed by atoms with Crippen molar-refractivity contribution in [2.24, 2.45) is 0 Å². The fourth-order valence-corrected chi connectivity index (χ4v) is 0.860. The molecule has 0 aliphatic rings. The second-order valence-electron chi connectivity index (χ2n) is 2.16. The van der Waals surface area contributed by atoms with Crippen molar-refractivity contribution >= 4 is 48.6 Å². The van der Waals surface area contributed by atoms with Crippen LogP contribution in [0.3, 0.4) is 0 Å². The van der Waals surface area contributed by atoms with Crippen LogP contribution < -0.4 is 0 Å². The van der Waals surface area contributed by atoms with Crippen LogP contribution in [0.15, 0.2) is 0 Å². The number of aliphatic hydroxyl groups is 2. The van der Waals surface area contributed by atoms with Gasteiger partial charge >= 0.3 is 43.1 Å². The van der Waals surface area contributed by atoms with Crippen molar-refractivity contribution in [3.8, 4) is 0 Å². The molecule has 0 aliphatic carbocycles. The maximum absolute atomic E-state index is 10.5. The maximum atomic E-state index is 10.5. The van der Waals surface area contributed by atoms with Crippen LogP contribution in [-0.2, 0) is 18.9 Å². The van der Waals surface area contributed by atoms with Gasteiger partial charge in [0.15, 0.2) is 0 Å². The van der Waals surface area contributed by atoms with E-state index >= 15 is 0 Å². The van der Waals surface area contributed by atoms with E-state index in [0.29, 0.717) is 0 Å². The van der Waals surface area contributed by atoms with Gasteiger partial charge in [-0.05, 0) is 0 Å². The minimum atomic E-state index is -4.67. The van der Waals surface area contributed by atoms with E-state index in [0.717, 1.165) is 7.11 Å². The second kappa shape index (κ2) is 11.7. The standard InChI is InChI=1S/C5H9O6P.CH4O2.Na.H/c1-11-4(6)2-3-5(7)12(8,9)10;2-1-3;;/h2-3H2,1H3,(H2,8,9,10);2-3H,1H2;;. The van der Waals surface area contributed by atoms with Gasteiger partial charge in [0.05, 0.1) is 13.5 Å². The number of rotatable bonds is 4. The number of carbonyl (C=O) groups excluding carboxylic acids is 2. The summed E-state index contributed by atoms with van der Waals surface area (Å²) in [7, 11) is -3.54. The van der Waals surface area contributed by atoms with Gasteiger partial charge in [0.1, 0.15) is 6.79 Å². The van der Waals surface area contributed by atoms with Crippen LogP contribution in [0.1, 0.15) is 12.8 Å². The van der Waals surface area contributed by atoms with E-state index in [2.05, 4.69) is 4.74 Å². The first-order valence-corrected chi connectivity index (χ1v) is 5.28. The van der Waals surface area contributed by atoms with Gasteiger partial charge in [-0.15, -0.1) is 0 Å². The van der Waals surface area contributed by atoms with E-state index in [9.17, 15) is 14.2 Å². The van der Waals surface area contributed by atoms with Crippen molar-refractivity contribution in [1.29, 1.82) is 0 Å². The zero-order valence-electron chi connectivity index (χ0n) is 7.99. The Balaban J connectivity index is -0.000000377. The van der Waals surface area contributed by atoms with E-state index in [1.807, 2.05) is 0 Å². The third-order valence-electron chi connectivity index (χ3n) is 1.10. The van der Waals surface area contributed by atoms with Gasteiger partial charge in [-0.1, -0.05) is 0 Å². The Bertz CT molecular complexity index is 249. The van der Waals surface area contributed by atoms with Gasteiger partial charge in [0.2, 0.25) is 5.52 Å². The predicted octanol–water partition coefficient (Wildman–Crippen LogP) is -2.08. The fourth-order valence-electron chi connectivity index (χ4n) is 0.457. The number of ether oxygens (including phenoxy) is 1. The summed E-state index contributed by atoms with van der Waals surface area (Å²) in [5.41, 5.74) is -1.24. The van der Waals surface area contributed by atoms with Crippen molar-refractivity contribution in [2.45, 2.75) is 12.8 Å². The van der Waals surface area contributed by atoms with Gasteiger partial charge in [0.25, 0.3) is 0 Å². The summed E-state index contributed by atoms with van der Waals surface area (Å²) in [6.07, 6.45) is -0.794. The average molecular weight is 268 g/mol. The van der Waals surface area contributed by atoms with Gasteiger partial charge < -0.3 is 24.7 Å². The van der Waals surface area contributed by atoms with Gasteiger partial charge in [-0.25, -0.2) is 0 Å². The molecule has 0 fully saturated rings. The van der Waals surface area contributed by atoms with Gasteiger partial charge in [0, 0.05) is 6.42 Å². The molecule has 0 radical (unpaired) electrons. The van der Waals surface area contributed by atoms with Crippen LogP contribution in [0.2, 0.25) is 0 Å². The Hall–Kier alpha value is 0.210. The first kappa shape index (κ1) is 21.5. The molecule has 8 nitrogen and oxygen atoms in total. The summed E-state index contributed by atoms with van der Waals surface area (Å²) < 4.78 is 14.4. The minimum absolute atomic E-state index is 0. The third kappa shape index (κ3) is 14.2. The molecule has 4 N–H and O–H groups in total. The number of carbonyl (C=O) groups is 2. The topological polar surface area (TPSA) is 141 Å². The Morgan fingerprint density at radius 1 is 1.19 bits per heavy atom. The third-order valence-corrected chi connectivity index (χ3v) is 1.97. The Morgan fingerprint density at radius 2 is 1.56 bits per heavy atom. The van der Waals surface area contributed by atoms with Crippen LogP contribution in [0.4, 0.5) is 0 Å². The van der Waals surface area contributed by atoms with Crippen molar-refractivity contribution in [3.05, 3.63) is 0 Å². The molecular weight excluding hydrogens is 254 g/mol. The molecule has 10 heteroatoms. The molecule has 16 heavy (non-hydrogen) atoms. The van der Waals surface area contributed by atoms with Crippen LogP contribution in [0, 0.1) is 0 Å². The quantitative estimate of drug-likeness (QED) is 0.197. The Labute approximate surface area is 114 Å². The van der Waals surface area contributed by atoms with E-state index < -0.39 is 32.3 Å². The average Bonchev–Trinajstić information content (AvgIpc) is 2.13. The Morgan fingerprint density at radius 3 is 1.81 bits per heavy atom. The Kier molecular flexibility index (Phi) is 15.7. The molecule has 0 unspecified atom stereocenters. The molecule has 0 saturated heterocycles. The summed E-state index contributed by atoms with van der Waals surface area (Å²) in [6, 6.07) is 0. The van der Waals surface area contributed by atoms with E-state index in [1.165, 1.54) is 0 Å². The predicted molar refractivity (Wildman–Crippen MR) is 54.8 cm³/mol. The first-order chi connectivity index (χ1) is 6.79. The molecule has 0 aromatic rings. The number of hydrogen-bond acceptors (Lipinski definition) is 6. The van der Waals surface area contributed by atoms with Gasteiger partial charge in [-0.3, -0.25) is 14.2 Å². The molecule has 92 valence electrons. The van der Waals surface area contributed by atoms with Crippen LogP contribution >= 0.6 is 7.60 Å². The summed E-state index contributed by atoms with van der Waals surface area (Å²) in [5.74, 6) is -0.670. The van der Waals surface area contributed by atoms with Gasteiger partial charge in [-0.2, -0.15) is 0 Å². The molecule has 0 aromatic heterocycles. The molecule has 0 amide bonds. The van der Waals surface area contributed by atoms with Crippen molar-refractivity contribution in [3.63, 3.8) is 0 Å². The molecule has 0 heterocycles. The number of hydrogen-bond donors (Lipinski definition) is 4. The molecule has 0 atom stereocenters.